The molecule has 0 aromatic heterocycles. The first kappa shape index (κ1) is 14.7. The van der Waals surface area contributed by atoms with Crippen LogP contribution in [0.3, 0.4) is 0 Å². The van der Waals surface area contributed by atoms with Crippen molar-refractivity contribution in [2.75, 3.05) is 41.9 Å². The first-order chi connectivity index (χ1) is 7.64. The van der Waals surface area contributed by atoms with Crippen LogP contribution in [0.1, 0.15) is 13.3 Å². The molecule has 0 aromatic rings. The summed E-state index contributed by atoms with van der Waals surface area (Å²) in [7, 11) is -2.77. The van der Waals surface area contributed by atoms with Crippen LogP contribution in [0.15, 0.2) is 0 Å². The number of thioether (sulfide) groups is 2. The summed E-state index contributed by atoms with van der Waals surface area (Å²) in [6.07, 6.45) is 0.737. The molecule has 1 heterocycles. The smallest absolute Gasteiger partial charge is 0.150 e. The molecule has 0 aliphatic carbocycles. The number of rotatable bonds is 7. The molecule has 0 saturated carbocycles. The van der Waals surface area contributed by atoms with E-state index < -0.39 is 9.84 Å². The highest BCUT2D eigenvalue weighted by Gasteiger charge is 2.13. The lowest BCUT2D eigenvalue weighted by Crippen LogP contribution is -2.30. The molecule has 1 atom stereocenters. The minimum Gasteiger partial charge on any atom is -0.316 e. The third kappa shape index (κ3) is 6.37. The molecular formula is C10H21NO2S3. The Hall–Kier alpha value is 0.610. The Morgan fingerprint density at radius 1 is 1.38 bits per heavy atom. The Labute approximate surface area is 107 Å². The van der Waals surface area contributed by atoms with E-state index in [1.807, 2.05) is 23.5 Å². The Balaban J connectivity index is 1.99. The minimum absolute atomic E-state index is 0.266. The van der Waals surface area contributed by atoms with Crippen LogP contribution in [0, 0.1) is 0 Å². The fourth-order valence-corrected chi connectivity index (χ4v) is 5.00. The van der Waals surface area contributed by atoms with Crippen LogP contribution in [0.5, 0.6) is 0 Å². The highest BCUT2D eigenvalue weighted by molar-refractivity contribution is 8.06. The SMILES string of the molecule is CCS(=O)(=O)CCCNCC1CSCCS1. The van der Waals surface area contributed by atoms with Crippen molar-refractivity contribution in [2.45, 2.75) is 18.6 Å². The van der Waals surface area contributed by atoms with Gasteiger partial charge in [0.05, 0.1) is 5.75 Å². The summed E-state index contributed by atoms with van der Waals surface area (Å²) >= 11 is 4.05. The normalized spacial score (nSPS) is 22.2. The van der Waals surface area contributed by atoms with Gasteiger partial charge >= 0.3 is 0 Å². The lowest BCUT2D eigenvalue weighted by molar-refractivity contribution is 0.590. The third-order valence-corrected chi connectivity index (χ3v) is 7.14. The summed E-state index contributed by atoms with van der Waals surface area (Å²) in [4.78, 5) is 0. The first-order valence-electron chi connectivity index (χ1n) is 5.74. The largest absolute Gasteiger partial charge is 0.316 e. The molecule has 1 aliphatic heterocycles. The van der Waals surface area contributed by atoms with Crippen LogP contribution in [0.4, 0.5) is 0 Å². The molecule has 1 aliphatic rings. The Bertz CT molecular complexity index is 274. The molecule has 6 heteroatoms. The molecule has 96 valence electrons. The Morgan fingerprint density at radius 2 is 2.19 bits per heavy atom. The van der Waals surface area contributed by atoms with E-state index in [2.05, 4.69) is 5.32 Å². The molecule has 1 unspecified atom stereocenters. The van der Waals surface area contributed by atoms with Gasteiger partial charge in [-0.15, -0.1) is 0 Å². The van der Waals surface area contributed by atoms with E-state index in [0.717, 1.165) is 19.5 Å². The van der Waals surface area contributed by atoms with E-state index >= 15 is 0 Å². The summed E-state index contributed by atoms with van der Waals surface area (Å²) in [6, 6.07) is 0. The van der Waals surface area contributed by atoms with Gasteiger partial charge in [0.1, 0.15) is 9.84 Å². The topological polar surface area (TPSA) is 46.2 Å². The third-order valence-electron chi connectivity index (χ3n) is 2.51. The van der Waals surface area contributed by atoms with Crippen LogP contribution in [-0.4, -0.2) is 55.5 Å². The van der Waals surface area contributed by atoms with E-state index in [4.69, 9.17) is 0 Å². The van der Waals surface area contributed by atoms with Gasteiger partial charge in [0.25, 0.3) is 0 Å². The van der Waals surface area contributed by atoms with Crippen LogP contribution in [0.25, 0.3) is 0 Å². The van der Waals surface area contributed by atoms with E-state index in [0.29, 0.717) is 11.0 Å². The molecule has 0 radical (unpaired) electrons. The van der Waals surface area contributed by atoms with Crippen molar-refractivity contribution in [3.05, 3.63) is 0 Å². The minimum atomic E-state index is -2.77. The first-order valence-corrected chi connectivity index (χ1v) is 9.77. The summed E-state index contributed by atoms with van der Waals surface area (Å²) in [5.74, 6) is 4.34. The molecule has 1 saturated heterocycles. The predicted octanol–water partition coefficient (Wildman–Crippen LogP) is 1.25. The van der Waals surface area contributed by atoms with E-state index in [9.17, 15) is 8.42 Å². The zero-order chi connectivity index (χ0) is 11.9. The molecule has 16 heavy (non-hydrogen) atoms. The predicted molar refractivity (Wildman–Crippen MR) is 75.4 cm³/mol. The van der Waals surface area contributed by atoms with E-state index in [1.54, 1.807) is 6.92 Å². The fraction of sp³-hybridized carbons (Fsp3) is 1.00. The number of hydrogen-bond acceptors (Lipinski definition) is 5. The molecule has 1 N–H and O–H groups in total. The maximum atomic E-state index is 11.2. The molecule has 0 spiro atoms. The number of hydrogen-bond donors (Lipinski definition) is 1. The van der Waals surface area contributed by atoms with Crippen LogP contribution < -0.4 is 5.32 Å². The van der Waals surface area contributed by atoms with E-state index in [1.165, 1.54) is 17.3 Å². The van der Waals surface area contributed by atoms with Crippen molar-refractivity contribution < 1.29 is 8.42 Å². The summed E-state index contributed by atoms with van der Waals surface area (Å²) in [6.45, 7) is 3.55. The summed E-state index contributed by atoms with van der Waals surface area (Å²) in [5, 5.41) is 4.06. The lowest BCUT2D eigenvalue weighted by Gasteiger charge is -2.21. The Kier molecular flexibility index (Phi) is 7.19. The van der Waals surface area contributed by atoms with Gasteiger partial charge in [-0.1, -0.05) is 6.92 Å². The zero-order valence-electron chi connectivity index (χ0n) is 9.78. The van der Waals surface area contributed by atoms with Gasteiger partial charge in [-0.3, -0.25) is 0 Å². The van der Waals surface area contributed by atoms with E-state index in [-0.39, 0.29) is 5.75 Å². The molecule has 3 nitrogen and oxygen atoms in total. The highest BCUT2D eigenvalue weighted by atomic mass is 32.2. The van der Waals surface area contributed by atoms with Gasteiger partial charge in [0.2, 0.25) is 0 Å². The van der Waals surface area contributed by atoms with Crippen molar-refractivity contribution in [2.24, 2.45) is 0 Å². The molecule has 0 aromatic carbocycles. The molecule has 1 fully saturated rings. The van der Waals surface area contributed by atoms with Gasteiger partial charge in [-0.25, -0.2) is 8.42 Å². The van der Waals surface area contributed by atoms with Crippen molar-refractivity contribution in [3.8, 4) is 0 Å². The second kappa shape index (κ2) is 7.84. The van der Waals surface area contributed by atoms with Gasteiger partial charge in [-0.2, -0.15) is 23.5 Å². The molecule has 1 rings (SSSR count). The molecule has 0 amide bonds. The maximum Gasteiger partial charge on any atom is 0.150 e. The highest BCUT2D eigenvalue weighted by Crippen LogP contribution is 2.23. The monoisotopic (exact) mass is 283 g/mol. The fourth-order valence-electron chi connectivity index (χ4n) is 1.48. The second-order valence-electron chi connectivity index (χ2n) is 3.86. The summed E-state index contributed by atoms with van der Waals surface area (Å²) < 4.78 is 22.5. The van der Waals surface area contributed by atoms with Crippen molar-refractivity contribution in [3.63, 3.8) is 0 Å². The zero-order valence-corrected chi connectivity index (χ0v) is 12.2. The summed E-state index contributed by atoms with van der Waals surface area (Å²) in [5.41, 5.74) is 0. The number of sulfone groups is 1. The average molecular weight is 283 g/mol. The van der Waals surface area contributed by atoms with Gasteiger partial charge in [-0.05, 0) is 13.0 Å². The van der Waals surface area contributed by atoms with Crippen molar-refractivity contribution >= 4 is 33.4 Å². The molecular weight excluding hydrogens is 262 g/mol. The van der Waals surface area contributed by atoms with Crippen LogP contribution in [0.2, 0.25) is 0 Å². The number of nitrogens with one attached hydrogen (secondary N) is 1. The van der Waals surface area contributed by atoms with Crippen LogP contribution >= 0.6 is 23.5 Å². The quantitative estimate of drug-likeness (QED) is 0.713. The van der Waals surface area contributed by atoms with Crippen LogP contribution in [-0.2, 0) is 9.84 Å². The lowest BCUT2D eigenvalue weighted by atomic mass is 10.4. The van der Waals surface area contributed by atoms with Gasteiger partial charge in [0, 0.05) is 34.8 Å². The average Bonchev–Trinajstić information content (AvgIpc) is 2.30. The van der Waals surface area contributed by atoms with Gasteiger partial charge < -0.3 is 5.32 Å². The van der Waals surface area contributed by atoms with Crippen molar-refractivity contribution in [1.29, 1.82) is 0 Å². The molecule has 0 bridgehead atoms. The maximum absolute atomic E-state index is 11.2. The second-order valence-corrected chi connectivity index (χ2v) is 8.89. The standard InChI is InChI=1S/C10H21NO2S3/c1-2-16(12,13)7-3-4-11-8-10-9-14-5-6-15-10/h10-11H,2-9H2,1H3. The van der Waals surface area contributed by atoms with Crippen molar-refractivity contribution in [1.82, 2.24) is 5.32 Å². The Morgan fingerprint density at radius 3 is 2.81 bits per heavy atom. The van der Waals surface area contributed by atoms with Gasteiger partial charge in [0.15, 0.2) is 0 Å².